The quantitative estimate of drug-likeness (QED) is 0.778. The molecule has 3 saturated carbocycles. The molecule has 32 heavy (non-hydrogen) atoms. The Morgan fingerprint density at radius 1 is 1.09 bits per heavy atom. The van der Waals surface area contributed by atoms with Crippen LogP contribution >= 0.6 is 0 Å². The molecule has 1 N–H and O–H groups in total. The third kappa shape index (κ3) is 3.71. The van der Waals surface area contributed by atoms with E-state index in [4.69, 9.17) is 0 Å². The van der Waals surface area contributed by atoms with Crippen molar-refractivity contribution in [3.63, 3.8) is 0 Å². The van der Waals surface area contributed by atoms with Crippen LogP contribution in [0.3, 0.4) is 0 Å². The SMILES string of the molecule is O=C(NCC12CCCC(C1)C1CC1C2)c1cccc2nc(CC(=O)N3CCCCC3)cn12. The second-order valence-electron chi connectivity index (χ2n) is 10.9. The van der Waals surface area contributed by atoms with E-state index in [9.17, 15) is 9.59 Å². The van der Waals surface area contributed by atoms with Crippen LogP contribution < -0.4 is 5.32 Å². The lowest BCUT2D eigenvalue weighted by molar-refractivity contribution is -0.131. The fraction of sp³-hybridized carbons (Fsp3) is 0.654. The van der Waals surface area contributed by atoms with Crippen LogP contribution in [0.5, 0.6) is 0 Å². The zero-order valence-electron chi connectivity index (χ0n) is 18.9. The highest BCUT2D eigenvalue weighted by atomic mass is 16.2. The van der Waals surface area contributed by atoms with E-state index in [0.717, 1.165) is 61.6 Å². The Labute approximate surface area is 189 Å². The molecule has 4 aliphatic rings. The van der Waals surface area contributed by atoms with Gasteiger partial charge in [-0.25, -0.2) is 4.98 Å². The molecule has 4 unspecified atom stereocenters. The Balaban J connectivity index is 1.15. The third-order valence-corrected chi connectivity index (χ3v) is 8.69. The summed E-state index contributed by atoms with van der Waals surface area (Å²) in [6.07, 6.45) is 13.5. The number of aromatic nitrogens is 2. The molecular weight excluding hydrogens is 400 g/mol. The maximum absolute atomic E-state index is 13.2. The van der Waals surface area contributed by atoms with Gasteiger partial charge in [-0.15, -0.1) is 0 Å². The van der Waals surface area contributed by atoms with E-state index in [0.29, 0.717) is 17.5 Å². The minimum Gasteiger partial charge on any atom is -0.350 e. The third-order valence-electron chi connectivity index (χ3n) is 8.69. The summed E-state index contributed by atoms with van der Waals surface area (Å²) >= 11 is 0. The lowest BCUT2D eigenvalue weighted by atomic mass is 9.62. The van der Waals surface area contributed by atoms with Crippen molar-refractivity contribution in [3.05, 3.63) is 35.8 Å². The Morgan fingerprint density at radius 3 is 2.81 bits per heavy atom. The number of hydrogen-bond donors (Lipinski definition) is 1. The summed E-state index contributed by atoms with van der Waals surface area (Å²) < 4.78 is 1.85. The maximum Gasteiger partial charge on any atom is 0.268 e. The number of pyridine rings is 1. The molecule has 0 radical (unpaired) electrons. The van der Waals surface area contributed by atoms with Crippen LogP contribution in [0.4, 0.5) is 0 Å². The van der Waals surface area contributed by atoms with Crippen molar-refractivity contribution in [3.8, 4) is 0 Å². The molecular formula is C26H34N4O2. The molecule has 170 valence electrons. The fourth-order valence-electron chi connectivity index (χ4n) is 7.02. The molecule has 3 heterocycles. The zero-order valence-corrected chi connectivity index (χ0v) is 18.9. The van der Waals surface area contributed by atoms with E-state index in [-0.39, 0.29) is 11.8 Å². The second-order valence-corrected chi connectivity index (χ2v) is 10.9. The van der Waals surface area contributed by atoms with E-state index in [2.05, 4.69) is 10.3 Å². The summed E-state index contributed by atoms with van der Waals surface area (Å²) in [4.78, 5) is 32.5. The number of nitrogens with zero attached hydrogens (tertiary/aromatic N) is 3. The Bertz CT molecular complexity index is 1040. The molecule has 0 spiro atoms. The molecule has 3 aliphatic carbocycles. The van der Waals surface area contributed by atoms with Crippen molar-refractivity contribution in [2.45, 2.75) is 64.2 Å². The second kappa shape index (κ2) is 7.89. The highest BCUT2D eigenvalue weighted by Crippen LogP contribution is 2.63. The van der Waals surface area contributed by atoms with Gasteiger partial charge >= 0.3 is 0 Å². The smallest absolute Gasteiger partial charge is 0.268 e. The topological polar surface area (TPSA) is 66.7 Å². The van der Waals surface area contributed by atoms with Gasteiger partial charge in [0.1, 0.15) is 11.3 Å². The van der Waals surface area contributed by atoms with Crippen LogP contribution in [-0.4, -0.2) is 45.7 Å². The van der Waals surface area contributed by atoms with Crippen molar-refractivity contribution in [2.75, 3.05) is 19.6 Å². The number of amides is 2. The van der Waals surface area contributed by atoms with E-state index in [1.807, 2.05) is 33.7 Å². The van der Waals surface area contributed by atoms with Gasteiger partial charge in [0, 0.05) is 25.8 Å². The van der Waals surface area contributed by atoms with Gasteiger partial charge in [-0.3, -0.25) is 14.0 Å². The number of fused-ring (bicyclic) bond motifs is 5. The number of carbonyl (C=O) groups is 2. The first-order valence-corrected chi connectivity index (χ1v) is 12.6. The molecule has 1 saturated heterocycles. The average Bonchev–Trinajstić information content (AvgIpc) is 3.46. The van der Waals surface area contributed by atoms with Crippen LogP contribution in [0.15, 0.2) is 24.4 Å². The Hall–Kier alpha value is -2.37. The van der Waals surface area contributed by atoms with Gasteiger partial charge in [0.25, 0.3) is 5.91 Å². The van der Waals surface area contributed by atoms with Crippen LogP contribution in [-0.2, 0) is 11.2 Å². The van der Waals surface area contributed by atoms with Crippen molar-refractivity contribution in [2.24, 2.45) is 23.2 Å². The van der Waals surface area contributed by atoms with Crippen molar-refractivity contribution in [1.82, 2.24) is 19.6 Å². The van der Waals surface area contributed by atoms with E-state index >= 15 is 0 Å². The molecule has 2 amide bonds. The monoisotopic (exact) mass is 434 g/mol. The standard InChI is InChI=1S/C26H34N4O2/c31-24(29-10-2-1-3-11-29)13-20-16-30-22(7-4-8-23(30)28-20)25(32)27-17-26-9-5-6-18(14-26)21-12-19(21)15-26/h4,7-8,16,18-19,21H,1-3,5-6,9-15,17H2,(H,27,32). The highest BCUT2D eigenvalue weighted by Gasteiger charge is 2.55. The predicted molar refractivity (Wildman–Crippen MR) is 122 cm³/mol. The maximum atomic E-state index is 13.2. The summed E-state index contributed by atoms with van der Waals surface area (Å²) in [6.45, 7) is 2.49. The molecule has 2 aromatic heterocycles. The van der Waals surface area contributed by atoms with Gasteiger partial charge in [-0.2, -0.15) is 0 Å². The molecule has 6 rings (SSSR count). The molecule has 4 atom stereocenters. The van der Waals surface area contributed by atoms with Crippen molar-refractivity contribution in [1.29, 1.82) is 0 Å². The molecule has 2 bridgehead atoms. The van der Waals surface area contributed by atoms with Crippen LogP contribution in [0, 0.1) is 23.2 Å². The van der Waals surface area contributed by atoms with Gasteiger partial charge in [0.15, 0.2) is 0 Å². The van der Waals surface area contributed by atoms with Gasteiger partial charge < -0.3 is 10.2 Å². The Kier molecular flexibility index (Phi) is 4.99. The van der Waals surface area contributed by atoms with Gasteiger partial charge in [-0.05, 0) is 80.2 Å². The van der Waals surface area contributed by atoms with Crippen molar-refractivity contribution >= 4 is 17.5 Å². The predicted octanol–water partition coefficient (Wildman–Crippen LogP) is 3.84. The molecule has 0 aromatic carbocycles. The van der Waals surface area contributed by atoms with E-state index in [1.54, 1.807) is 0 Å². The van der Waals surface area contributed by atoms with E-state index in [1.165, 1.54) is 44.9 Å². The summed E-state index contributed by atoms with van der Waals surface area (Å²) in [7, 11) is 0. The molecule has 1 aliphatic heterocycles. The number of imidazole rings is 1. The normalized spacial score (nSPS) is 31.2. The van der Waals surface area contributed by atoms with Crippen LogP contribution in [0.25, 0.3) is 5.65 Å². The number of nitrogens with one attached hydrogen (secondary N) is 1. The van der Waals surface area contributed by atoms with E-state index < -0.39 is 0 Å². The number of hydrogen-bond acceptors (Lipinski definition) is 3. The minimum atomic E-state index is -0.0312. The highest BCUT2D eigenvalue weighted by molar-refractivity contribution is 5.93. The zero-order chi connectivity index (χ0) is 21.7. The molecule has 6 nitrogen and oxygen atoms in total. The number of carbonyl (C=O) groups excluding carboxylic acids is 2. The van der Waals surface area contributed by atoms with Gasteiger partial charge in [0.05, 0.1) is 12.1 Å². The average molecular weight is 435 g/mol. The fourth-order valence-corrected chi connectivity index (χ4v) is 7.02. The van der Waals surface area contributed by atoms with Gasteiger partial charge in [-0.1, -0.05) is 18.9 Å². The lowest BCUT2D eigenvalue weighted by Gasteiger charge is -2.45. The van der Waals surface area contributed by atoms with Gasteiger partial charge in [0.2, 0.25) is 5.91 Å². The lowest BCUT2D eigenvalue weighted by Crippen LogP contribution is -2.44. The number of likely N-dealkylation sites (tertiary alicyclic amines) is 1. The first-order valence-electron chi connectivity index (χ1n) is 12.6. The van der Waals surface area contributed by atoms with Crippen LogP contribution in [0.2, 0.25) is 0 Å². The molecule has 6 heteroatoms. The summed E-state index contributed by atoms with van der Waals surface area (Å²) in [5, 5.41) is 3.29. The molecule has 2 aromatic rings. The first kappa shape index (κ1) is 20.3. The largest absolute Gasteiger partial charge is 0.350 e. The number of rotatable bonds is 5. The van der Waals surface area contributed by atoms with Crippen LogP contribution in [0.1, 0.15) is 74.0 Å². The summed E-state index contributed by atoms with van der Waals surface area (Å²) in [6, 6.07) is 5.65. The van der Waals surface area contributed by atoms with Crippen molar-refractivity contribution < 1.29 is 9.59 Å². The summed E-state index contributed by atoms with van der Waals surface area (Å²) in [5.41, 5.74) is 2.39. The number of piperidine rings is 1. The minimum absolute atomic E-state index is 0.0312. The summed E-state index contributed by atoms with van der Waals surface area (Å²) in [5.74, 6) is 2.92. The first-order chi connectivity index (χ1) is 15.6. The molecule has 4 fully saturated rings. The Morgan fingerprint density at radius 2 is 1.94 bits per heavy atom.